The molecule has 1 nitrogen and oxygen atoms in total. The first-order chi connectivity index (χ1) is 10.3. The number of ether oxygens (including phenoxy) is 1. The molecule has 0 saturated heterocycles. The maximum atomic E-state index is 6.03. The highest BCUT2D eigenvalue weighted by Crippen LogP contribution is 2.18. The number of allylic oxidation sites excluding steroid dienone is 2. The van der Waals surface area contributed by atoms with Crippen LogP contribution in [-0.4, -0.2) is 13.2 Å². The van der Waals surface area contributed by atoms with Crippen LogP contribution in [0, 0.1) is 11.8 Å². The highest BCUT2D eigenvalue weighted by atomic mass is 16.5. The van der Waals surface area contributed by atoms with E-state index < -0.39 is 0 Å². The van der Waals surface area contributed by atoms with E-state index in [0.29, 0.717) is 11.8 Å². The fourth-order valence-electron chi connectivity index (χ4n) is 2.78. The smallest absolute Gasteiger partial charge is 0.0497 e. The number of unbranched alkanes of at least 4 members (excludes halogenated alkanes) is 4. The zero-order valence-electron chi connectivity index (χ0n) is 14.6. The van der Waals surface area contributed by atoms with Crippen molar-refractivity contribution >= 4 is 0 Å². The molecule has 2 unspecified atom stereocenters. The van der Waals surface area contributed by atoms with Gasteiger partial charge in [-0.1, -0.05) is 64.5 Å². The first-order valence-corrected chi connectivity index (χ1v) is 9.07. The monoisotopic (exact) mass is 294 g/mol. The van der Waals surface area contributed by atoms with Crippen LogP contribution >= 0.6 is 0 Å². The van der Waals surface area contributed by atoms with Gasteiger partial charge in [0.2, 0.25) is 0 Å². The van der Waals surface area contributed by atoms with Gasteiger partial charge in [0, 0.05) is 13.2 Å². The van der Waals surface area contributed by atoms with Crippen LogP contribution in [0.4, 0.5) is 0 Å². The van der Waals surface area contributed by atoms with Gasteiger partial charge in [0.15, 0.2) is 0 Å². The van der Waals surface area contributed by atoms with Crippen LogP contribution in [0.25, 0.3) is 0 Å². The molecule has 0 saturated carbocycles. The molecule has 124 valence electrons. The lowest BCUT2D eigenvalue weighted by molar-refractivity contribution is 0.0662. The molecule has 0 aliphatic rings. The Kier molecular flexibility index (Phi) is 15.4. The van der Waals surface area contributed by atoms with Gasteiger partial charge >= 0.3 is 0 Å². The summed E-state index contributed by atoms with van der Waals surface area (Å²) in [6.45, 7) is 14.1. The number of rotatable bonds is 16. The van der Waals surface area contributed by atoms with Gasteiger partial charge in [-0.25, -0.2) is 0 Å². The van der Waals surface area contributed by atoms with Crippen LogP contribution in [0.3, 0.4) is 0 Å². The van der Waals surface area contributed by atoms with Crippen molar-refractivity contribution in [1.82, 2.24) is 0 Å². The van der Waals surface area contributed by atoms with Crippen LogP contribution in [0.15, 0.2) is 25.3 Å². The first-order valence-electron chi connectivity index (χ1n) is 9.07. The quantitative estimate of drug-likeness (QED) is 0.232. The van der Waals surface area contributed by atoms with E-state index in [2.05, 4.69) is 27.0 Å². The van der Waals surface area contributed by atoms with E-state index >= 15 is 0 Å². The molecule has 0 aliphatic heterocycles. The van der Waals surface area contributed by atoms with Gasteiger partial charge in [-0.3, -0.25) is 0 Å². The van der Waals surface area contributed by atoms with Crippen LogP contribution < -0.4 is 0 Å². The predicted octanol–water partition coefficient (Wildman–Crippen LogP) is 6.55. The molecule has 1 heteroatoms. The Labute approximate surface area is 133 Å². The summed E-state index contributed by atoms with van der Waals surface area (Å²) in [4.78, 5) is 0. The molecule has 21 heavy (non-hydrogen) atoms. The summed E-state index contributed by atoms with van der Waals surface area (Å²) >= 11 is 0. The Balaban J connectivity index is 3.93. The van der Waals surface area contributed by atoms with Gasteiger partial charge in [0.05, 0.1) is 0 Å². The van der Waals surface area contributed by atoms with E-state index in [0.717, 1.165) is 26.1 Å². The van der Waals surface area contributed by atoms with E-state index in [9.17, 15) is 0 Å². The second-order valence-electron chi connectivity index (χ2n) is 6.31. The van der Waals surface area contributed by atoms with E-state index in [1.165, 1.54) is 51.4 Å². The predicted molar refractivity (Wildman–Crippen MR) is 95.7 cm³/mol. The van der Waals surface area contributed by atoms with Crippen molar-refractivity contribution in [3.8, 4) is 0 Å². The average molecular weight is 295 g/mol. The lowest BCUT2D eigenvalue weighted by atomic mass is 9.97. The Morgan fingerprint density at radius 1 is 0.762 bits per heavy atom. The maximum absolute atomic E-state index is 6.03. The van der Waals surface area contributed by atoms with Gasteiger partial charge in [0.1, 0.15) is 0 Å². The van der Waals surface area contributed by atoms with E-state index in [1.807, 2.05) is 12.2 Å². The molecule has 0 aliphatic carbocycles. The lowest BCUT2D eigenvalue weighted by Gasteiger charge is -2.19. The molecule has 0 heterocycles. The summed E-state index contributed by atoms with van der Waals surface area (Å²) in [7, 11) is 0. The molecule has 0 aromatic heterocycles. The van der Waals surface area contributed by atoms with Crippen molar-refractivity contribution in [1.29, 1.82) is 0 Å². The summed E-state index contributed by atoms with van der Waals surface area (Å²) in [5, 5.41) is 0. The van der Waals surface area contributed by atoms with E-state index in [1.54, 1.807) is 0 Å². The molecule has 0 radical (unpaired) electrons. The molecule has 0 bridgehead atoms. The van der Waals surface area contributed by atoms with Crippen LogP contribution in [-0.2, 0) is 4.74 Å². The average Bonchev–Trinajstić information content (AvgIpc) is 2.47. The second kappa shape index (κ2) is 15.8. The third kappa shape index (κ3) is 12.9. The fraction of sp³-hybridized carbons (Fsp3) is 0.800. The van der Waals surface area contributed by atoms with Crippen molar-refractivity contribution < 1.29 is 4.74 Å². The maximum Gasteiger partial charge on any atom is 0.0497 e. The molecule has 0 fully saturated rings. The zero-order chi connectivity index (χ0) is 15.8. The van der Waals surface area contributed by atoms with E-state index in [4.69, 9.17) is 4.74 Å². The van der Waals surface area contributed by atoms with Gasteiger partial charge < -0.3 is 4.74 Å². The largest absolute Gasteiger partial charge is 0.381 e. The van der Waals surface area contributed by atoms with Gasteiger partial charge in [-0.2, -0.15) is 0 Å². The van der Waals surface area contributed by atoms with Crippen molar-refractivity contribution in [2.24, 2.45) is 11.8 Å². The van der Waals surface area contributed by atoms with Crippen LogP contribution in [0.1, 0.15) is 78.1 Å². The van der Waals surface area contributed by atoms with Crippen molar-refractivity contribution in [2.75, 3.05) is 13.2 Å². The van der Waals surface area contributed by atoms with Gasteiger partial charge in [-0.05, 0) is 37.5 Å². The molecule has 0 N–H and O–H groups in total. The minimum Gasteiger partial charge on any atom is -0.381 e. The zero-order valence-corrected chi connectivity index (χ0v) is 14.6. The molecule has 0 spiro atoms. The standard InChI is InChI=1S/C20H38O/c1-5-9-11-15-19(13-7-3)17-21-18-20(14-8-4)16-12-10-6-2/h7-8,19-20H,3-6,9-18H2,1-2H3. The first kappa shape index (κ1) is 20.4. The number of hydrogen-bond donors (Lipinski definition) is 0. The van der Waals surface area contributed by atoms with Crippen molar-refractivity contribution in [3.05, 3.63) is 25.3 Å². The van der Waals surface area contributed by atoms with Gasteiger partial charge in [-0.15, -0.1) is 13.2 Å². The molecule has 0 aromatic rings. The highest BCUT2D eigenvalue weighted by Gasteiger charge is 2.11. The number of hydrogen-bond acceptors (Lipinski definition) is 1. The summed E-state index contributed by atoms with van der Waals surface area (Å²) in [5.74, 6) is 1.32. The third-order valence-corrected chi connectivity index (χ3v) is 4.14. The second-order valence-corrected chi connectivity index (χ2v) is 6.31. The Morgan fingerprint density at radius 2 is 1.19 bits per heavy atom. The van der Waals surface area contributed by atoms with Crippen LogP contribution in [0.5, 0.6) is 0 Å². The summed E-state index contributed by atoms with van der Waals surface area (Å²) in [6.07, 6.45) is 16.7. The summed E-state index contributed by atoms with van der Waals surface area (Å²) in [5.41, 5.74) is 0. The molecular formula is C20H38O. The normalized spacial score (nSPS) is 13.8. The molecular weight excluding hydrogens is 256 g/mol. The minimum atomic E-state index is 0.661. The molecule has 0 amide bonds. The Morgan fingerprint density at radius 3 is 1.52 bits per heavy atom. The third-order valence-electron chi connectivity index (χ3n) is 4.14. The fourth-order valence-corrected chi connectivity index (χ4v) is 2.78. The Bertz CT molecular complexity index is 210. The molecule has 0 rings (SSSR count). The highest BCUT2D eigenvalue weighted by molar-refractivity contribution is 4.75. The van der Waals surface area contributed by atoms with Crippen LogP contribution in [0.2, 0.25) is 0 Å². The summed E-state index contributed by atoms with van der Waals surface area (Å²) < 4.78 is 6.03. The Hall–Kier alpha value is -0.560. The van der Waals surface area contributed by atoms with Gasteiger partial charge in [0.25, 0.3) is 0 Å². The molecule has 0 aromatic carbocycles. The van der Waals surface area contributed by atoms with Crippen molar-refractivity contribution in [2.45, 2.75) is 78.1 Å². The topological polar surface area (TPSA) is 9.23 Å². The lowest BCUT2D eigenvalue weighted by Crippen LogP contribution is -2.15. The van der Waals surface area contributed by atoms with Crippen molar-refractivity contribution in [3.63, 3.8) is 0 Å². The minimum absolute atomic E-state index is 0.661. The molecule has 2 atom stereocenters. The van der Waals surface area contributed by atoms with E-state index in [-0.39, 0.29) is 0 Å². The SMILES string of the molecule is C=CCC(CCCCC)COCC(CC=C)CCCCC. The summed E-state index contributed by atoms with van der Waals surface area (Å²) in [6, 6.07) is 0.